The minimum atomic E-state index is -0.678. The van der Waals surface area contributed by atoms with Crippen LogP contribution in [0.2, 0.25) is 0 Å². The number of rotatable bonds is 7. The Hall–Kier alpha value is -3.68. The Balaban J connectivity index is 2.11. The van der Waals surface area contributed by atoms with Crippen LogP contribution in [0.4, 0.5) is 0 Å². The van der Waals surface area contributed by atoms with E-state index >= 15 is 0 Å². The SMILES string of the molecule is CCOC(=O)CC1C(C(=O)OC)=C(N)Oc2ccc(-c3cc(OC)cc(OC)c3)cc21. The van der Waals surface area contributed by atoms with Crippen LogP contribution >= 0.6 is 0 Å². The third-order valence-electron chi connectivity index (χ3n) is 4.99. The Labute approximate surface area is 180 Å². The number of hydrogen-bond donors (Lipinski definition) is 1. The fourth-order valence-electron chi connectivity index (χ4n) is 3.52. The highest BCUT2D eigenvalue weighted by molar-refractivity contribution is 5.93. The van der Waals surface area contributed by atoms with Crippen molar-refractivity contribution in [1.29, 1.82) is 0 Å². The van der Waals surface area contributed by atoms with Crippen LogP contribution in [-0.2, 0) is 19.1 Å². The molecule has 2 aromatic rings. The standard InChI is InChI=1S/C23H25NO7/c1-5-30-20(25)12-18-17-10-13(14-8-15(27-2)11-16(9-14)28-3)6-7-19(17)31-22(24)21(18)23(26)29-4/h6-11,18H,5,12,24H2,1-4H3. The van der Waals surface area contributed by atoms with Gasteiger partial charge in [-0.1, -0.05) is 6.07 Å². The summed E-state index contributed by atoms with van der Waals surface area (Å²) < 4.78 is 26.4. The summed E-state index contributed by atoms with van der Waals surface area (Å²) in [6, 6.07) is 10.9. The molecule has 1 aliphatic rings. The second kappa shape index (κ2) is 9.42. The number of esters is 2. The highest BCUT2D eigenvalue weighted by Crippen LogP contribution is 2.43. The van der Waals surface area contributed by atoms with Crippen molar-refractivity contribution >= 4 is 11.9 Å². The Morgan fingerprint density at radius 2 is 1.68 bits per heavy atom. The zero-order chi connectivity index (χ0) is 22.5. The summed E-state index contributed by atoms with van der Waals surface area (Å²) in [5.41, 5.74) is 8.37. The first-order valence-corrected chi connectivity index (χ1v) is 9.70. The number of methoxy groups -OCH3 is 3. The molecule has 2 aromatic carbocycles. The summed E-state index contributed by atoms with van der Waals surface area (Å²) in [5.74, 6) is -0.171. The summed E-state index contributed by atoms with van der Waals surface area (Å²) in [7, 11) is 4.40. The Kier molecular flexibility index (Phi) is 6.69. The van der Waals surface area contributed by atoms with E-state index in [1.54, 1.807) is 33.3 Å². The normalized spacial score (nSPS) is 14.9. The van der Waals surface area contributed by atoms with Gasteiger partial charge < -0.3 is 29.4 Å². The van der Waals surface area contributed by atoms with Crippen LogP contribution in [-0.4, -0.2) is 39.9 Å². The Bertz CT molecular complexity index is 1010. The molecule has 1 aliphatic heterocycles. The van der Waals surface area contributed by atoms with Crippen LogP contribution in [0.15, 0.2) is 47.9 Å². The molecule has 2 N–H and O–H groups in total. The number of carbonyl (C=O) groups excluding carboxylic acids is 2. The summed E-state index contributed by atoms with van der Waals surface area (Å²) in [6.07, 6.45) is -0.0831. The third-order valence-corrected chi connectivity index (χ3v) is 4.99. The molecule has 8 nitrogen and oxygen atoms in total. The van der Waals surface area contributed by atoms with E-state index in [4.69, 9.17) is 29.4 Å². The van der Waals surface area contributed by atoms with Crippen molar-refractivity contribution in [3.63, 3.8) is 0 Å². The molecular weight excluding hydrogens is 402 g/mol. The van der Waals surface area contributed by atoms with Crippen molar-refractivity contribution in [1.82, 2.24) is 0 Å². The van der Waals surface area contributed by atoms with Gasteiger partial charge in [-0.05, 0) is 42.3 Å². The maximum atomic E-state index is 12.4. The maximum absolute atomic E-state index is 12.4. The van der Waals surface area contributed by atoms with Crippen molar-refractivity contribution in [3.05, 3.63) is 53.4 Å². The number of hydrogen-bond acceptors (Lipinski definition) is 8. The minimum Gasteiger partial charge on any atom is -0.497 e. The van der Waals surface area contributed by atoms with E-state index in [-0.39, 0.29) is 24.5 Å². The second-order valence-electron chi connectivity index (χ2n) is 6.79. The number of fused-ring (bicyclic) bond motifs is 1. The number of carbonyl (C=O) groups is 2. The van der Waals surface area contributed by atoms with E-state index in [0.717, 1.165) is 11.1 Å². The molecule has 0 aromatic heterocycles. The van der Waals surface area contributed by atoms with Gasteiger partial charge in [0.2, 0.25) is 5.88 Å². The van der Waals surface area contributed by atoms with Crippen LogP contribution in [0.1, 0.15) is 24.8 Å². The molecule has 1 unspecified atom stereocenters. The Morgan fingerprint density at radius 1 is 1.00 bits per heavy atom. The highest BCUT2D eigenvalue weighted by atomic mass is 16.5. The van der Waals surface area contributed by atoms with E-state index in [1.807, 2.05) is 24.3 Å². The van der Waals surface area contributed by atoms with E-state index < -0.39 is 17.9 Å². The molecule has 0 spiro atoms. The fourth-order valence-corrected chi connectivity index (χ4v) is 3.52. The van der Waals surface area contributed by atoms with Gasteiger partial charge >= 0.3 is 11.9 Å². The molecule has 31 heavy (non-hydrogen) atoms. The summed E-state index contributed by atoms with van der Waals surface area (Å²) >= 11 is 0. The van der Waals surface area contributed by atoms with E-state index in [2.05, 4.69) is 0 Å². The summed E-state index contributed by atoms with van der Waals surface area (Å²) in [4.78, 5) is 24.7. The largest absolute Gasteiger partial charge is 0.497 e. The van der Waals surface area contributed by atoms with Gasteiger partial charge in [-0.3, -0.25) is 4.79 Å². The van der Waals surface area contributed by atoms with E-state index in [1.165, 1.54) is 7.11 Å². The zero-order valence-corrected chi connectivity index (χ0v) is 17.9. The molecule has 8 heteroatoms. The molecule has 164 valence electrons. The van der Waals surface area contributed by atoms with Crippen LogP contribution in [0.3, 0.4) is 0 Å². The molecule has 1 atom stereocenters. The highest BCUT2D eigenvalue weighted by Gasteiger charge is 2.36. The molecule has 0 fully saturated rings. The number of ether oxygens (including phenoxy) is 5. The molecule has 0 bridgehead atoms. The van der Waals surface area contributed by atoms with Crippen molar-refractivity contribution < 1.29 is 33.3 Å². The van der Waals surface area contributed by atoms with Crippen molar-refractivity contribution in [2.24, 2.45) is 5.73 Å². The predicted octanol–water partition coefficient (Wildman–Crippen LogP) is 3.14. The third kappa shape index (κ3) is 4.58. The molecule has 0 saturated heterocycles. The quantitative estimate of drug-likeness (QED) is 0.672. The molecule has 0 radical (unpaired) electrons. The summed E-state index contributed by atoms with van der Waals surface area (Å²) in [6.45, 7) is 1.95. The van der Waals surface area contributed by atoms with Crippen LogP contribution < -0.4 is 19.9 Å². The second-order valence-corrected chi connectivity index (χ2v) is 6.79. The molecular formula is C23H25NO7. The fraction of sp³-hybridized carbons (Fsp3) is 0.304. The van der Waals surface area contributed by atoms with E-state index in [0.29, 0.717) is 22.8 Å². The minimum absolute atomic E-state index is 0.0831. The predicted molar refractivity (Wildman–Crippen MR) is 113 cm³/mol. The topological polar surface area (TPSA) is 106 Å². The van der Waals surface area contributed by atoms with Crippen LogP contribution in [0.25, 0.3) is 11.1 Å². The van der Waals surface area contributed by atoms with Crippen molar-refractivity contribution in [2.75, 3.05) is 27.9 Å². The molecule has 0 amide bonds. The maximum Gasteiger partial charge on any atom is 0.339 e. The first kappa shape index (κ1) is 22.0. The van der Waals surface area contributed by atoms with Crippen LogP contribution in [0.5, 0.6) is 17.2 Å². The lowest BCUT2D eigenvalue weighted by Crippen LogP contribution is -2.28. The van der Waals surface area contributed by atoms with Crippen LogP contribution in [0, 0.1) is 0 Å². The summed E-state index contributed by atoms with van der Waals surface area (Å²) in [5, 5.41) is 0. The lowest BCUT2D eigenvalue weighted by atomic mass is 9.84. The van der Waals surface area contributed by atoms with Crippen molar-refractivity contribution in [3.8, 4) is 28.4 Å². The average molecular weight is 427 g/mol. The van der Waals surface area contributed by atoms with Gasteiger partial charge in [0.1, 0.15) is 22.8 Å². The van der Waals surface area contributed by atoms with Gasteiger partial charge in [0, 0.05) is 17.5 Å². The Morgan fingerprint density at radius 3 is 2.26 bits per heavy atom. The smallest absolute Gasteiger partial charge is 0.339 e. The van der Waals surface area contributed by atoms with Gasteiger partial charge in [0.05, 0.1) is 34.4 Å². The van der Waals surface area contributed by atoms with Gasteiger partial charge in [-0.25, -0.2) is 4.79 Å². The van der Waals surface area contributed by atoms with Gasteiger partial charge in [-0.15, -0.1) is 0 Å². The molecule has 0 aliphatic carbocycles. The lowest BCUT2D eigenvalue weighted by Gasteiger charge is -2.28. The monoisotopic (exact) mass is 427 g/mol. The average Bonchev–Trinajstić information content (AvgIpc) is 2.78. The number of benzene rings is 2. The molecule has 0 saturated carbocycles. The van der Waals surface area contributed by atoms with Gasteiger partial charge in [0.15, 0.2) is 0 Å². The number of nitrogens with two attached hydrogens (primary N) is 1. The zero-order valence-electron chi connectivity index (χ0n) is 17.9. The molecule has 3 rings (SSSR count). The van der Waals surface area contributed by atoms with E-state index in [9.17, 15) is 9.59 Å². The van der Waals surface area contributed by atoms with Gasteiger partial charge in [0.25, 0.3) is 0 Å². The first-order valence-electron chi connectivity index (χ1n) is 9.70. The molecule has 1 heterocycles. The van der Waals surface area contributed by atoms with Crippen molar-refractivity contribution in [2.45, 2.75) is 19.3 Å². The van der Waals surface area contributed by atoms with Gasteiger partial charge in [-0.2, -0.15) is 0 Å². The first-order chi connectivity index (χ1) is 14.9. The lowest BCUT2D eigenvalue weighted by molar-refractivity contribution is -0.143.